The van der Waals surface area contributed by atoms with Crippen molar-refractivity contribution in [2.75, 3.05) is 10.6 Å². The average molecular weight is 417 g/mol. The molecule has 0 bridgehead atoms. The number of anilines is 2. The Labute approximate surface area is 181 Å². The molecule has 0 atom stereocenters. The van der Waals surface area contributed by atoms with E-state index in [1.165, 1.54) is 22.3 Å². The van der Waals surface area contributed by atoms with Crippen LogP contribution < -0.4 is 10.6 Å². The molecule has 2 heterocycles. The summed E-state index contributed by atoms with van der Waals surface area (Å²) >= 11 is 5.42. The van der Waals surface area contributed by atoms with Crippen LogP contribution in [0.5, 0.6) is 0 Å². The van der Waals surface area contributed by atoms with Crippen LogP contribution in [0.15, 0.2) is 73.2 Å². The van der Waals surface area contributed by atoms with Crippen LogP contribution >= 0.6 is 12.2 Å². The van der Waals surface area contributed by atoms with Crippen LogP contribution in [0.4, 0.5) is 11.5 Å². The molecule has 2 aromatic carbocycles. The minimum Gasteiger partial charge on any atom is -0.330 e. The van der Waals surface area contributed by atoms with Gasteiger partial charge < -0.3 is 10.6 Å². The van der Waals surface area contributed by atoms with Gasteiger partial charge in [-0.2, -0.15) is 10.2 Å². The Morgan fingerprint density at radius 3 is 2.53 bits per heavy atom. The highest BCUT2D eigenvalue weighted by molar-refractivity contribution is 7.80. The van der Waals surface area contributed by atoms with E-state index in [1.54, 1.807) is 6.20 Å². The van der Waals surface area contributed by atoms with Crippen molar-refractivity contribution in [2.24, 2.45) is 0 Å². The highest BCUT2D eigenvalue weighted by Crippen LogP contribution is 2.12. The Bertz CT molecular complexity index is 1140. The van der Waals surface area contributed by atoms with Gasteiger partial charge in [-0.25, -0.2) is 0 Å². The molecule has 0 fully saturated rings. The largest absolute Gasteiger partial charge is 0.330 e. The summed E-state index contributed by atoms with van der Waals surface area (Å²) in [5.74, 6) is 0.702. The Hall–Kier alpha value is -3.45. The van der Waals surface area contributed by atoms with Crippen molar-refractivity contribution in [3.63, 3.8) is 0 Å². The average Bonchev–Trinajstić information content (AvgIpc) is 3.35. The summed E-state index contributed by atoms with van der Waals surface area (Å²) in [5.41, 5.74) is 5.78. The molecule has 0 aliphatic rings. The fourth-order valence-electron chi connectivity index (χ4n) is 3.15. The normalized spacial score (nSPS) is 10.7. The van der Waals surface area contributed by atoms with Crippen LogP contribution in [0, 0.1) is 13.8 Å². The Morgan fingerprint density at radius 1 is 0.933 bits per heavy atom. The van der Waals surface area contributed by atoms with Crippen molar-refractivity contribution in [2.45, 2.75) is 26.9 Å². The molecule has 4 rings (SSSR count). The molecular formula is C23H24N6S. The van der Waals surface area contributed by atoms with Crippen molar-refractivity contribution in [3.05, 3.63) is 95.4 Å². The van der Waals surface area contributed by atoms with Crippen molar-refractivity contribution in [3.8, 4) is 0 Å². The van der Waals surface area contributed by atoms with Gasteiger partial charge in [-0.3, -0.25) is 9.36 Å². The first kappa shape index (κ1) is 19.8. The summed E-state index contributed by atoms with van der Waals surface area (Å²) in [6, 6.07) is 18.7. The van der Waals surface area contributed by atoms with E-state index in [2.05, 4.69) is 71.1 Å². The molecule has 2 N–H and O–H groups in total. The van der Waals surface area contributed by atoms with Gasteiger partial charge in [0.15, 0.2) is 10.9 Å². The number of aryl methyl sites for hydroxylation is 2. The molecule has 152 valence electrons. The number of benzene rings is 2. The third-order valence-corrected chi connectivity index (χ3v) is 5.04. The second kappa shape index (κ2) is 8.92. The van der Waals surface area contributed by atoms with Gasteiger partial charge in [-0.15, -0.1) is 0 Å². The first-order valence-corrected chi connectivity index (χ1v) is 10.2. The van der Waals surface area contributed by atoms with Crippen molar-refractivity contribution < 1.29 is 0 Å². The van der Waals surface area contributed by atoms with E-state index in [0.717, 1.165) is 12.2 Å². The monoisotopic (exact) mass is 416 g/mol. The van der Waals surface area contributed by atoms with Crippen LogP contribution in [-0.2, 0) is 13.1 Å². The second-order valence-electron chi connectivity index (χ2n) is 7.32. The molecule has 7 heteroatoms. The van der Waals surface area contributed by atoms with Gasteiger partial charge >= 0.3 is 0 Å². The van der Waals surface area contributed by atoms with Crippen LogP contribution in [0.3, 0.4) is 0 Å². The Morgan fingerprint density at radius 2 is 1.73 bits per heavy atom. The van der Waals surface area contributed by atoms with E-state index in [4.69, 9.17) is 12.2 Å². The molecule has 0 spiro atoms. The smallest absolute Gasteiger partial charge is 0.176 e. The van der Waals surface area contributed by atoms with Crippen molar-refractivity contribution in [1.29, 1.82) is 0 Å². The summed E-state index contributed by atoms with van der Waals surface area (Å²) in [5, 5.41) is 15.7. The minimum absolute atomic E-state index is 0.478. The predicted octanol–water partition coefficient (Wildman–Crippen LogP) is 4.60. The molecule has 0 aliphatic carbocycles. The van der Waals surface area contributed by atoms with Gasteiger partial charge in [0.05, 0.1) is 25.0 Å². The van der Waals surface area contributed by atoms with Gasteiger partial charge in [0.25, 0.3) is 0 Å². The zero-order valence-corrected chi connectivity index (χ0v) is 17.9. The van der Waals surface area contributed by atoms with Crippen molar-refractivity contribution >= 4 is 28.8 Å². The maximum Gasteiger partial charge on any atom is 0.176 e. The molecular weight excluding hydrogens is 392 g/mol. The van der Waals surface area contributed by atoms with Gasteiger partial charge in [0.1, 0.15) is 0 Å². The first-order chi connectivity index (χ1) is 14.5. The SMILES string of the molecule is Cc1ccc(Cn2cc(NC(=S)Nc3ccn(Cc4ccccc4C)n3)cn2)cc1. The summed E-state index contributed by atoms with van der Waals surface area (Å²) in [6.07, 6.45) is 5.64. The van der Waals surface area contributed by atoms with E-state index in [1.807, 2.05) is 40.0 Å². The lowest BCUT2D eigenvalue weighted by Crippen LogP contribution is -2.19. The lowest BCUT2D eigenvalue weighted by Gasteiger charge is -2.07. The molecule has 0 saturated heterocycles. The van der Waals surface area contributed by atoms with Crippen LogP contribution in [0.2, 0.25) is 0 Å². The zero-order chi connectivity index (χ0) is 20.9. The van der Waals surface area contributed by atoms with E-state index in [0.29, 0.717) is 17.5 Å². The summed E-state index contributed by atoms with van der Waals surface area (Å²) in [6.45, 7) is 5.63. The molecule has 0 saturated carbocycles. The lowest BCUT2D eigenvalue weighted by atomic mass is 10.1. The van der Waals surface area contributed by atoms with E-state index in [-0.39, 0.29) is 0 Å². The molecule has 0 unspecified atom stereocenters. The number of nitrogens with one attached hydrogen (secondary N) is 2. The highest BCUT2D eigenvalue weighted by Gasteiger charge is 2.06. The lowest BCUT2D eigenvalue weighted by molar-refractivity contribution is 0.687. The number of thiocarbonyl (C=S) groups is 1. The molecule has 4 aromatic rings. The number of nitrogens with zero attached hydrogens (tertiary/aromatic N) is 4. The van der Waals surface area contributed by atoms with E-state index < -0.39 is 0 Å². The summed E-state index contributed by atoms with van der Waals surface area (Å²) in [4.78, 5) is 0. The topological polar surface area (TPSA) is 59.7 Å². The molecule has 0 amide bonds. The second-order valence-corrected chi connectivity index (χ2v) is 7.72. The van der Waals surface area contributed by atoms with Crippen LogP contribution in [0.25, 0.3) is 0 Å². The number of aromatic nitrogens is 4. The Kier molecular flexibility index (Phi) is 5.90. The first-order valence-electron chi connectivity index (χ1n) is 9.79. The fraction of sp³-hybridized carbons (Fsp3) is 0.174. The number of rotatable bonds is 6. The van der Waals surface area contributed by atoms with Gasteiger partial charge in [0, 0.05) is 18.5 Å². The molecule has 2 aromatic heterocycles. The molecule has 30 heavy (non-hydrogen) atoms. The molecule has 6 nitrogen and oxygen atoms in total. The number of hydrogen-bond donors (Lipinski definition) is 2. The Balaban J connectivity index is 1.32. The summed E-state index contributed by atoms with van der Waals surface area (Å²) in [7, 11) is 0. The van der Waals surface area contributed by atoms with Gasteiger partial charge in [-0.05, 0) is 42.8 Å². The highest BCUT2D eigenvalue weighted by atomic mass is 32.1. The van der Waals surface area contributed by atoms with Gasteiger partial charge in [0.2, 0.25) is 0 Å². The molecule has 0 aliphatic heterocycles. The third-order valence-electron chi connectivity index (χ3n) is 4.83. The fourth-order valence-corrected chi connectivity index (χ4v) is 3.37. The predicted molar refractivity (Wildman–Crippen MR) is 125 cm³/mol. The van der Waals surface area contributed by atoms with Crippen molar-refractivity contribution in [1.82, 2.24) is 19.6 Å². The van der Waals surface area contributed by atoms with E-state index in [9.17, 15) is 0 Å². The minimum atomic E-state index is 0.478. The summed E-state index contributed by atoms with van der Waals surface area (Å²) < 4.78 is 3.78. The zero-order valence-electron chi connectivity index (χ0n) is 17.0. The third kappa shape index (κ3) is 5.12. The van der Waals surface area contributed by atoms with Crippen LogP contribution in [0.1, 0.15) is 22.3 Å². The quantitative estimate of drug-likeness (QED) is 0.450. The maximum atomic E-state index is 5.42. The van der Waals surface area contributed by atoms with E-state index >= 15 is 0 Å². The van der Waals surface area contributed by atoms with Crippen LogP contribution in [-0.4, -0.2) is 24.7 Å². The van der Waals surface area contributed by atoms with Gasteiger partial charge in [-0.1, -0.05) is 54.1 Å². The number of hydrogen-bond acceptors (Lipinski definition) is 3. The standard InChI is InChI=1S/C23H24N6S/c1-17-7-9-19(10-8-17)14-29-16-21(13-24-29)25-23(30)26-22-11-12-28(27-22)15-20-6-4-3-5-18(20)2/h3-13,16H,14-15H2,1-2H3,(H2,25,26,27,30). The maximum absolute atomic E-state index is 5.42. The molecule has 0 radical (unpaired) electrons.